The lowest BCUT2D eigenvalue weighted by molar-refractivity contribution is 0.0977. The molecule has 0 saturated carbocycles. The van der Waals surface area contributed by atoms with Gasteiger partial charge in [-0.1, -0.05) is 56.4 Å². The highest BCUT2D eigenvalue weighted by Gasteiger charge is 2.14. The zero-order valence-corrected chi connectivity index (χ0v) is 16.9. The molecule has 134 valence electrons. The molecule has 0 spiro atoms. The largest absolute Gasteiger partial charge is 0.319 e. The third kappa shape index (κ3) is 3.92. The maximum atomic E-state index is 12.4. The zero-order valence-electron chi connectivity index (χ0n) is 15.2. The molecule has 3 aromatic rings. The van der Waals surface area contributed by atoms with Gasteiger partial charge in [0, 0.05) is 12.6 Å². The molecule has 0 radical (unpaired) electrons. The van der Waals surface area contributed by atoms with Crippen molar-refractivity contribution in [2.45, 2.75) is 26.2 Å². The molecule has 0 aliphatic heterocycles. The molecule has 4 nitrogen and oxygen atoms in total. The first kappa shape index (κ1) is 18.5. The molecule has 1 heterocycles. The number of amides is 1. The molecule has 1 N–H and O–H groups in total. The monoisotopic (exact) mass is 383 g/mol. The highest BCUT2D eigenvalue weighted by molar-refractivity contribution is 7.80. The summed E-state index contributed by atoms with van der Waals surface area (Å²) < 4.78 is 3.09. The lowest BCUT2D eigenvalue weighted by Gasteiger charge is -2.18. The van der Waals surface area contributed by atoms with E-state index in [1.807, 2.05) is 60.1 Å². The van der Waals surface area contributed by atoms with E-state index in [1.165, 1.54) is 16.9 Å². The lowest BCUT2D eigenvalue weighted by Crippen LogP contribution is -2.29. The van der Waals surface area contributed by atoms with E-state index in [1.54, 1.807) is 0 Å². The Bertz CT molecular complexity index is 1040. The van der Waals surface area contributed by atoms with E-state index < -0.39 is 0 Å². The molecule has 1 aromatic heterocycles. The molecular weight excluding hydrogens is 362 g/mol. The Balaban J connectivity index is 1.79. The average molecular weight is 384 g/mol. The quantitative estimate of drug-likeness (QED) is 0.642. The van der Waals surface area contributed by atoms with Gasteiger partial charge in [0.2, 0.25) is 5.11 Å². The van der Waals surface area contributed by atoms with E-state index in [4.69, 9.17) is 12.2 Å². The SMILES string of the molecule is Cn1c(=NC(=S)NC(=O)c2ccc(C(C)(C)C)cc2)sc2ccccc21. The van der Waals surface area contributed by atoms with Crippen LogP contribution < -0.4 is 10.1 Å². The molecule has 26 heavy (non-hydrogen) atoms. The summed E-state index contributed by atoms with van der Waals surface area (Å²) in [6, 6.07) is 15.6. The van der Waals surface area contributed by atoms with Crippen molar-refractivity contribution in [2.75, 3.05) is 0 Å². The minimum Gasteiger partial charge on any atom is -0.319 e. The second-order valence-electron chi connectivity index (χ2n) is 7.11. The van der Waals surface area contributed by atoms with Crippen LogP contribution in [-0.2, 0) is 12.5 Å². The fraction of sp³-hybridized carbons (Fsp3) is 0.250. The van der Waals surface area contributed by atoms with Gasteiger partial charge in [0.25, 0.3) is 5.91 Å². The smallest absolute Gasteiger partial charge is 0.257 e. The van der Waals surface area contributed by atoms with E-state index >= 15 is 0 Å². The van der Waals surface area contributed by atoms with Gasteiger partial charge in [0.1, 0.15) is 0 Å². The highest BCUT2D eigenvalue weighted by Crippen LogP contribution is 2.22. The number of carbonyl (C=O) groups is 1. The van der Waals surface area contributed by atoms with Crippen molar-refractivity contribution in [3.8, 4) is 0 Å². The number of thiazole rings is 1. The van der Waals surface area contributed by atoms with Crippen molar-refractivity contribution in [2.24, 2.45) is 12.0 Å². The topological polar surface area (TPSA) is 46.4 Å². The van der Waals surface area contributed by atoms with Crippen LogP contribution >= 0.6 is 23.6 Å². The van der Waals surface area contributed by atoms with Crippen molar-refractivity contribution < 1.29 is 4.79 Å². The van der Waals surface area contributed by atoms with Gasteiger partial charge in [0.15, 0.2) is 4.80 Å². The Kier molecular flexibility index (Phi) is 5.07. The van der Waals surface area contributed by atoms with Crippen molar-refractivity contribution in [3.63, 3.8) is 0 Å². The van der Waals surface area contributed by atoms with Crippen molar-refractivity contribution in [1.29, 1.82) is 0 Å². The maximum absolute atomic E-state index is 12.4. The van der Waals surface area contributed by atoms with Gasteiger partial charge in [0.05, 0.1) is 10.2 Å². The molecule has 3 rings (SSSR count). The van der Waals surface area contributed by atoms with Crippen molar-refractivity contribution in [1.82, 2.24) is 9.88 Å². The van der Waals surface area contributed by atoms with Gasteiger partial charge in [-0.2, -0.15) is 4.99 Å². The fourth-order valence-corrected chi connectivity index (χ4v) is 3.86. The molecule has 6 heteroatoms. The predicted molar refractivity (Wildman–Crippen MR) is 112 cm³/mol. The molecule has 0 atom stereocenters. The number of aromatic nitrogens is 1. The molecule has 0 fully saturated rings. The van der Waals surface area contributed by atoms with Crippen LogP contribution in [-0.4, -0.2) is 15.6 Å². The number of aryl methyl sites for hydroxylation is 1. The molecule has 0 bridgehead atoms. The normalized spacial score (nSPS) is 12.4. The first-order valence-electron chi connectivity index (χ1n) is 8.31. The summed E-state index contributed by atoms with van der Waals surface area (Å²) in [6.07, 6.45) is 0. The summed E-state index contributed by atoms with van der Waals surface area (Å²) in [6.45, 7) is 6.42. The predicted octanol–water partition coefficient (Wildman–Crippen LogP) is 4.15. The van der Waals surface area contributed by atoms with Gasteiger partial charge in [-0.05, 0) is 47.5 Å². The Morgan fingerprint density at radius 3 is 2.38 bits per heavy atom. The number of hydrogen-bond acceptors (Lipinski definition) is 3. The summed E-state index contributed by atoms with van der Waals surface area (Å²) in [5.74, 6) is -0.247. The summed E-state index contributed by atoms with van der Waals surface area (Å²) in [5.41, 5.74) is 2.88. The van der Waals surface area contributed by atoms with Crippen LogP contribution in [0, 0.1) is 0 Å². The second-order valence-corrected chi connectivity index (χ2v) is 8.51. The molecule has 2 aromatic carbocycles. The first-order valence-corrected chi connectivity index (χ1v) is 9.53. The molecule has 0 aliphatic rings. The van der Waals surface area contributed by atoms with Gasteiger partial charge in [-0.3, -0.25) is 10.1 Å². The number of fused-ring (bicyclic) bond motifs is 1. The number of nitrogens with one attached hydrogen (secondary N) is 1. The molecule has 0 unspecified atom stereocenters. The first-order chi connectivity index (χ1) is 12.3. The van der Waals surface area contributed by atoms with Gasteiger partial charge in [-0.15, -0.1) is 0 Å². The van der Waals surface area contributed by atoms with E-state index in [9.17, 15) is 4.79 Å². The van der Waals surface area contributed by atoms with E-state index in [0.29, 0.717) is 5.56 Å². The molecular formula is C20H21N3OS2. The van der Waals surface area contributed by atoms with E-state index in [2.05, 4.69) is 31.1 Å². The van der Waals surface area contributed by atoms with Crippen LogP contribution in [0.15, 0.2) is 53.5 Å². The number of nitrogens with zero attached hydrogens (tertiary/aromatic N) is 2. The zero-order chi connectivity index (χ0) is 18.9. The maximum Gasteiger partial charge on any atom is 0.257 e. The summed E-state index contributed by atoms with van der Waals surface area (Å²) >= 11 is 6.79. The standard InChI is InChI=1S/C20H21N3OS2/c1-20(2,3)14-11-9-13(10-12-14)17(24)21-18(25)22-19-23(4)15-7-5-6-8-16(15)26-19/h5-12H,1-4H3,(H,21,24,25). The highest BCUT2D eigenvalue weighted by atomic mass is 32.1. The van der Waals surface area contributed by atoms with Crippen LogP contribution in [0.2, 0.25) is 0 Å². The van der Waals surface area contributed by atoms with Crippen LogP contribution in [0.5, 0.6) is 0 Å². The number of para-hydroxylation sites is 1. The Labute approximate surface area is 162 Å². The Hall–Kier alpha value is -2.31. The third-order valence-electron chi connectivity index (χ3n) is 4.15. The van der Waals surface area contributed by atoms with Crippen LogP contribution in [0.3, 0.4) is 0 Å². The van der Waals surface area contributed by atoms with E-state index in [-0.39, 0.29) is 16.4 Å². The lowest BCUT2D eigenvalue weighted by atomic mass is 9.87. The number of rotatable bonds is 1. The number of benzene rings is 2. The summed E-state index contributed by atoms with van der Waals surface area (Å²) in [5, 5.41) is 2.86. The second kappa shape index (κ2) is 7.13. The third-order valence-corrected chi connectivity index (χ3v) is 5.45. The minimum atomic E-state index is -0.247. The number of thiocarbonyl (C=S) groups is 1. The van der Waals surface area contributed by atoms with Gasteiger partial charge < -0.3 is 4.57 Å². The minimum absolute atomic E-state index is 0.0512. The molecule has 1 amide bonds. The average Bonchev–Trinajstić information content (AvgIpc) is 2.90. The van der Waals surface area contributed by atoms with Crippen LogP contribution in [0.4, 0.5) is 0 Å². The van der Waals surface area contributed by atoms with Crippen LogP contribution in [0.25, 0.3) is 10.2 Å². The van der Waals surface area contributed by atoms with Crippen LogP contribution in [0.1, 0.15) is 36.7 Å². The molecule has 0 aliphatic carbocycles. The van der Waals surface area contributed by atoms with Crippen molar-refractivity contribution in [3.05, 3.63) is 64.5 Å². The Morgan fingerprint density at radius 2 is 1.77 bits per heavy atom. The van der Waals surface area contributed by atoms with Gasteiger partial charge >= 0.3 is 0 Å². The number of hydrogen-bond donors (Lipinski definition) is 1. The van der Waals surface area contributed by atoms with Gasteiger partial charge in [-0.25, -0.2) is 0 Å². The number of carbonyl (C=O) groups excluding carboxylic acids is 1. The summed E-state index contributed by atoms with van der Waals surface area (Å²) in [7, 11) is 1.94. The fourth-order valence-electron chi connectivity index (χ4n) is 2.59. The summed E-state index contributed by atoms with van der Waals surface area (Å²) in [4.78, 5) is 17.6. The van der Waals surface area contributed by atoms with Crippen molar-refractivity contribution >= 4 is 44.8 Å². The Morgan fingerprint density at radius 1 is 1.12 bits per heavy atom. The van der Waals surface area contributed by atoms with E-state index in [0.717, 1.165) is 15.0 Å². The molecule has 0 saturated heterocycles.